The van der Waals surface area contributed by atoms with Crippen LogP contribution in [0.4, 0.5) is 0 Å². The molecule has 0 bridgehead atoms. The molecule has 7 nitrogen and oxygen atoms in total. The number of sulfonamides is 1. The van der Waals surface area contributed by atoms with Gasteiger partial charge in [-0.25, -0.2) is 8.42 Å². The fourth-order valence-corrected chi connectivity index (χ4v) is 5.17. The molecule has 8 heteroatoms. The lowest BCUT2D eigenvalue weighted by Crippen LogP contribution is -2.49. The van der Waals surface area contributed by atoms with Gasteiger partial charge in [-0.1, -0.05) is 5.16 Å². The molecule has 138 valence electrons. The van der Waals surface area contributed by atoms with Crippen molar-refractivity contribution in [2.24, 2.45) is 0 Å². The molecule has 0 atom stereocenters. The molecular formula is C17H26N4O3S. The first-order valence-corrected chi connectivity index (χ1v) is 10.0. The molecule has 0 spiro atoms. The molecule has 1 aliphatic heterocycles. The molecule has 0 unspecified atom stereocenters. The molecule has 0 aromatic carbocycles. The van der Waals surface area contributed by atoms with Crippen LogP contribution in [-0.2, 0) is 16.6 Å². The summed E-state index contributed by atoms with van der Waals surface area (Å²) in [7, 11) is -3.53. The van der Waals surface area contributed by atoms with E-state index in [0.717, 1.165) is 26.2 Å². The fourth-order valence-electron chi connectivity index (χ4n) is 3.46. The van der Waals surface area contributed by atoms with Crippen LogP contribution in [0.15, 0.2) is 21.6 Å². The minimum Gasteiger partial charge on any atom is -0.360 e. The third-order valence-corrected chi connectivity index (χ3v) is 7.10. The average molecular weight is 366 g/mol. The third kappa shape index (κ3) is 3.51. The average Bonchev–Trinajstić information content (AvgIpc) is 3.08. The Kier molecular flexibility index (Phi) is 5.04. The van der Waals surface area contributed by atoms with E-state index in [2.05, 4.69) is 40.6 Å². The first-order chi connectivity index (χ1) is 11.8. The zero-order valence-corrected chi connectivity index (χ0v) is 16.1. The fraction of sp³-hybridized carbons (Fsp3) is 0.588. The second-order valence-corrected chi connectivity index (χ2v) is 8.54. The highest BCUT2D eigenvalue weighted by Crippen LogP contribution is 2.24. The summed E-state index contributed by atoms with van der Waals surface area (Å²) in [5.74, 6) is 0.360. The summed E-state index contributed by atoms with van der Waals surface area (Å²) < 4.78 is 34.5. The van der Waals surface area contributed by atoms with Gasteiger partial charge in [-0.3, -0.25) is 4.90 Å². The molecule has 25 heavy (non-hydrogen) atoms. The van der Waals surface area contributed by atoms with Gasteiger partial charge in [0.1, 0.15) is 10.6 Å². The summed E-state index contributed by atoms with van der Waals surface area (Å²) >= 11 is 0. The highest BCUT2D eigenvalue weighted by molar-refractivity contribution is 7.89. The molecule has 0 saturated carbocycles. The number of rotatable bonds is 5. The molecule has 0 amide bonds. The van der Waals surface area contributed by atoms with Gasteiger partial charge < -0.3 is 9.09 Å². The number of hydrogen-bond acceptors (Lipinski definition) is 5. The number of piperazine rings is 1. The largest absolute Gasteiger partial charge is 0.360 e. The van der Waals surface area contributed by atoms with E-state index in [1.165, 1.54) is 11.4 Å². The summed E-state index contributed by atoms with van der Waals surface area (Å²) in [6.07, 6.45) is 0. The second-order valence-electron chi connectivity index (χ2n) is 6.67. The van der Waals surface area contributed by atoms with Crippen molar-refractivity contribution in [1.82, 2.24) is 18.9 Å². The Morgan fingerprint density at radius 1 is 1.00 bits per heavy atom. The van der Waals surface area contributed by atoms with E-state index >= 15 is 0 Å². The van der Waals surface area contributed by atoms with Crippen molar-refractivity contribution in [3.05, 3.63) is 35.0 Å². The smallest absolute Gasteiger partial charge is 0.248 e. The van der Waals surface area contributed by atoms with Crippen molar-refractivity contribution in [3.63, 3.8) is 0 Å². The minimum atomic E-state index is -3.53. The Bertz CT molecular complexity index is 806. The van der Waals surface area contributed by atoms with E-state index in [4.69, 9.17) is 4.52 Å². The van der Waals surface area contributed by atoms with Crippen LogP contribution in [0, 0.1) is 27.7 Å². The van der Waals surface area contributed by atoms with Crippen LogP contribution < -0.4 is 0 Å². The summed E-state index contributed by atoms with van der Waals surface area (Å²) in [6, 6.07) is 4.26. The summed E-state index contributed by atoms with van der Waals surface area (Å²) in [5, 5.41) is 3.77. The maximum Gasteiger partial charge on any atom is 0.248 e. The number of nitrogens with zero attached hydrogens (tertiary/aromatic N) is 4. The summed E-state index contributed by atoms with van der Waals surface area (Å²) in [6.45, 7) is 11.9. The zero-order valence-electron chi connectivity index (χ0n) is 15.3. The summed E-state index contributed by atoms with van der Waals surface area (Å²) in [5.41, 5.74) is 2.95. The lowest BCUT2D eigenvalue weighted by atomic mass is 10.3. The predicted molar refractivity (Wildman–Crippen MR) is 95.1 cm³/mol. The molecule has 1 saturated heterocycles. The van der Waals surface area contributed by atoms with Crippen molar-refractivity contribution in [1.29, 1.82) is 0 Å². The van der Waals surface area contributed by atoms with Gasteiger partial charge in [-0.15, -0.1) is 0 Å². The van der Waals surface area contributed by atoms with Gasteiger partial charge in [-0.2, -0.15) is 4.31 Å². The number of aromatic nitrogens is 2. The van der Waals surface area contributed by atoms with Crippen LogP contribution in [-0.4, -0.2) is 60.1 Å². The second kappa shape index (κ2) is 6.93. The molecule has 1 fully saturated rings. The monoisotopic (exact) mass is 366 g/mol. The maximum atomic E-state index is 12.8. The van der Waals surface area contributed by atoms with Crippen molar-refractivity contribution >= 4 is 10.0 Å². The van der Waals surface area contributed by atoms with Crippen molar-refractivity contribution in [2.75, 3.05) is 32.7 Å². The minimum absolute atomic E-state index is 0.222. The third-order valence-electron chi connectivity index (χ3n) is 4.95. The van der Waals surface area contributed by atoms with Gasteiger partial charge in [0, 0.05) is 50.7 Å². The first-order valence-electron chi connectivity index (χ1n) is 8.59. The molecule has 3 rings (SSSR count). The Labute approximate surface area is 149 Å². The van der Waals surface area contributed by atoms with Crippen LogP contribution in [0.25, 0.3) is 0 Å². The number of aryl methyl sites for hydroxylation is 4. The van der Waals surface area contributed by atoms with E-state index in [0.29, 0.717) is 24.5 Å². The molecule has 2 aromatic heterocycles. The molecule has 0 N–H and O–H groups in total. The topological polar surface area (TPSA) is 71.6 Å². The first kappa shape index (κ1) is 18.2. The molecular weight excluding hydrogens is 340 g/mol. The van der Waals surface area contributed by atoms with Gasteiger partial charge in [0.2, 0.25) is 10.0 Å². The zero-order chi connectivity index (χ0) is 18.2. The predicted octanol–water partition coefficient (Wildman–Crippen LogP) is 1.72. The van der Waals surface area contributed by atoms with Crippen molar-refractivity contribution in [2.45, 2.75) is 39.1 Å². The van der Waals surface area contributed by atoms with Crippen LogP contribution >= 0.6 is 0 Å². The van der Waals surface area contributed by atoms with E-state index in [9.17, 15) is 8.42 Å². The Hall–Kier alpha value is -1.64. The Balaban J connectivity index is 1.60. The van der Waals surface area contributed by atoms with Crippen LogP contribution in [0.3, 0.4) is 0 Å². The highest BCUT2D eigenvalue weighted by atomic mass is 32.2. The molecule has 3 heterocycles. The van der Waals surface area contributed by atoms with Crippen LogP contribution in [0.2, 0.25) is 0 Å². The van der Waals surface area contributed by atoms with E-state index in [1.54, 1.807) is 18.2 Å². The van der Waals surface area contributed by atoms with Crippen LogP contribution in [0.1, 0.15) is 22.8 Å². The van der Waals surface area contributed by atoms with Crippen molar-refractivity contribution in [3.8, 4) is 0 Å². The normalized spacial score (nSPS) is 17.3. The van der Waals surface area contributed by atoms with E-state index in [1.807, 2.05) is 0 Å². The molecule has 0 radical (unpaired) electrons. The SMILES string of the molecule is Cc1noc(C)c1S(=O)(=O)N1CCN(CCn2c(C)ccc2C)CC1. The molecule has 2 aromatic rings. The molecule has 1 aliphatic rings. The van der Waals surface area contributed by atoms with E-state index in [-0.39, 0.29) is 4.90 Å². The van der Waals surface area contributed by atoms with E-state index < -0.39 is 10.0 Å². The lowest BCUT2D eigenvalue weighted by Gasteiger charge is -2.34. The van der Waals surface area contributed by atoms with Gasteiger partial charge in [0.25, 0.3) is 0 Å². The lowest BCUT2D eigenvalue weighted by molar-refractivity contribution is 0.182. The standard InChI is InChI=1S/C17H26N4O3S/c1-13-5-6-14(2)21(13)12-9-19-7-10-20(11-8-19)25(22,23)17-15(3)18-24-16(17)4/h5-6H,7-12H2,1-4H3. The summed E-state index contributed by atoms with van der Waals surface area (Å²) in [4.78, 5) is 2.54. The Morgan fingerprint density at radius 3 is 2.12 bits per heavy atom. The van der Waals surface area contributed by atoms with Gasteiger partial charge >= 0.3 is 0 Å². The highest BCUT2D eigenvalue weighted by Gasteiger charge is 2.33. The quantitative estimate of drug-likeness (QED) is 0.806. The van der Waals surface area contributed by atoms with Gasteiger partial charge in [-0.05, 0) is 39.8 Å². The number of hydrogen-bond donors (Lipinski definition) is 0. The maximum absolute atomic E-state index is 12.8. The van der Waals surface area contributed by atoms with Gasteiger partial charge in [0.15, 0.2) is 5.76 Å². The van der Waals surface area contributed by atoms with Gasteiger partial charge in [0.05, 0.1) is 0 Å². The van der Waals surface area contributed by atoms with Crippen LogP contribution in [0.5, 0.6) is 0 Å². The molecule has 0 aliphatic carbocycles. The van der Waals surface area contributed by atoms with Crippen molar-refractivity contribution < 1.29 is 12.9 Å². The Morgan fingerprint density at radius 2 is 1.60 bits per heavy atom.